The normalized spacial score (nSPS) is 15.0. The van der Waals surface area contributed by atoms with E-state index in [2.05, 4.69) is 19.9 Å². The van der Waals surface area contributed by atoms with Crippen molar-refractivity contribution >= 4 is 22.8 Å². The summed E-state index contributed by atoms with van der Waals surface area (Å²) in [6.07, 6.45) is 2.98. The lowest BCUT2D eigenvalue weighted by atomic mass is 9.99. The summed E-state index contributed by atoms with van der Waals surface area (Å²) in [5.74, 6) is 1.32. The highest BCUT2D eigenvalue weighted by atomic mass is 16.5. The third-order valence-electron chi connectivity index (χ3n) is 5.46. The van der Waals surface area contributed by atoms with E-state index in [9.17, 15) is 4.79 Å². The van der Waals surface area contributed by atoms with Crippen molar-refractivity contribution in [3.8, 4) is 11.4 Å². The second-order valence-corrected chi connectivity index (χ2v) is 7.04. The summed E-state index contributed by atoms with van der Waals surface area (Å²) in [5.41, 5.74) is 3.87. The third kappa shape index (κ3) is 3.22. The fraction of sp³-hybridized carbons (Fsp3) is 0.381. The number of anilines is 1. The van der Waals surface area contributed by atoms with Crippen molar-refractivity contribution in [1.29, 1.82) is 0 Å². The highest BCUT2D eigenvalue weighted by Crippen LogP contribution is 2.32. The van der Waals surface area contributed by atoms with Crippen molar-refractivity contribution in [3.05, 3.63) is 41.9 Å². The van der Waals surface area contributed by atoms with Gasteiger partial charge in [-0.3, -0.25) is 9.36 Å². The molecule has 28 heavy (non-hydrogen) atoms. The second-order valence-electron chi connectivity index (χ2n) is 7.04. The number of carbonyl (C=O) groups is 1. The maximum atomic E-state index is 12.7. The Labute approximate surface area is 163 Å². The quantitative estimate of drug-likeness (QED) is 0.750. The van der Waals surface area contributed by atoms with Gasteiger partial charge in [-0.1, -0.05) is 0 Å². The number of hydrogen-bond donors (Lipinski definition) is 1. The smallest absolute Gasteiger partial charge is 0.228 e. The number of hydrogen-bond acceptors (Lipinski definition) is 5. The molecule has 0 saturated carbocycles. The van der Waals surface area contributed by atoms with Gasteiger partial charge in [0.2, 0.25) is 5.91 Å². The van der Waals surface area contributed by atoms with Crippen molar-refractivity contribution in [2.24, 2.45) is 5.92 Å². The maximum absolute atomic E-state index is 12.7. The summed E-state index contributed by atoms with van der Waals surface area (Å²) in [6.45, 7) is 5.34. The lowest BCUT2D eigenvalue weighted by Gasteiger charge is -2.21. The van der Waals surface area contributed by atoms with Gasteiger partial charge in [-0.05, 0) is 56.5 Å². The molecule has 0 spiro atoms. The number of amides is 1. The van der Waals surface area contributed by atoms with Gasteiger partial charge in [-0.25, -0.2) is 9.97 Å². The first-order valence-electron chi connectivity index (χ1n) is 9.45. The Kier molecular flexibility index (Phi) is 5.00. The second kappa shape index (κ2) is 7.59. The molecule has 146 valence electrons. The first-order chi connectivity index (χ1) is 13.6. The van der Waals surface area contributed by atoms with Gasteiger partial charge >= 0.3 is 0 Å². The van der Waals surface area contributed by atoms with Gasteiger partial charge in [0.05, 0.1) is 12.5 Å². The van der Waals surface area contributed by atoms with E-state index in [1.54, 1.807) is 7.11 Å². The third-order valence-corrected chi connectivity index (χ3v) is 5.46. The zero-order valence-corrected chi connectivity index (χ0v) is 16.4. The Morgan fingerprint density at radius 1 is 1.18 bits per heavy atom. The topological polar surface area (TPSA) is 78.3 Å². The van der Waals surface area contributed by atoms with Gasteiger partial charge in [-0.2, -0.15) is 0 Å². The number of methoxy groups -OCH3 is 1. The molecular weight excluding hydrogens is 356 g/mol. The van der Waals surface area contributed by atoms with Crippen molar-refractivity contribution in [2.75, 3.05) is 25.6 Å². The Bertz CT molecular complexity index is 1000. The van der Waals surface area contributed by atoms with E-state index in [0.29, 0.717) is 19.0 Å². The molecule has 0 bridgehead atoms. The first-order valence-corrected chi connectivity index (χ1v) is 9.45. The lowest BCUT2D eigenvalue weighted by Crippen LogP contribution is -2.29. The maximum Gasteiger partial charge on any atom is 0.228 e. The Morgan fingerprint density at radius 3 is 2.57 bits per heavy atom. The summed E-state index contributed by atoms with van der Waals surface area (Å²) in [6, 6.07) is 7.83. The molecule has 1 fully saturated rings. The van der Waals surface area contributed by atoms with Gasteiger partial charge in [0, 0.05) is 30.5 Å². The molecule has 3 aromatic rings. The zero-order valence-electron chi connectivity index (χ0n) is 16.4. The number of aryl methyl sites for hydroxylation is 1. The molecular formula is C21H24N4O3. The summed E-state index contributed by atoms with van der Waals surface area (Å²) in [4.78, 5) is 21.6. The van der Waals surface area contributed by atoms with E-state index < -0.39 is 0 Å². The molecule has 7 nitrogen and oxygen atoms in total. The first kappa shape index (κ1) is 18.4. The minimum atomic E-state index is -0.0381. The summed E-state index contributed by atoms with van der Waals surface area (Å²) >= 11 is 0. The van der Waals surface area contributed by atoms with Crippen LogP contribution in [0.2, 0.25) is 0 Å². The molecule has 1 aliphatic rings. The number of carbonyl (C=O) groups excluding carboxylic acids is 1. The molecule has 1 aromatic carbocycles. The van der Waals surface area contributed by atoms with Crippen LogP contribution in [0.25, 0.3) is 16.7 Å². The van der Waals surface area contributed by atoms with Crippen LogP contribution in [0.3, 0.4) is 0 Å². The minimum absolute atomic E-state index is 0.00227. The van der Waals surface area contributed by atoms with Gasteiger partial charge in [0.15, 0.2) is 5.65 Å². The van der Waals surface area contributed by atoms with Crippen LogP contribution >= 0.6 is 0 Å². The molecule has 0 unspecified atom stereocenters. The van der Waals surface area contributed by atoms with E-state index in [1.165, 1.54) is 6.33 Å². The summed E-state index contributed by atoms with van der Waals surface area (Å²) in [5, 5.41) is 3.90. The monoisotopic (exact) mass is 380 g/mol. The van der Waals surface area contributed by atoms with E-state index in [-0.39, 0.29) is 11.8 Å². The van der Waals surface area contributed by atoms with Crippen LogP contribution in [0.15, 0.2) is 30.6 Å². The van der Waals surface area contributed by atoms with Crippen molar-refractivity contribution in [3.63, 3.8) is 0 Å². The largest absolute Gasteiger partial charge is 0.497 e. The summed E-state index contributed by atoms with van der Waals surface area (Å²) < 4.78 is 12.7. The number of nitrogens with zero attached hydrogens (tertiary/aromatic N) is 3. The van der Waals surface area contributed by atoms with E-state index >= 15 is 0 Å². The van der Waals surface area contributed by atoms with Crippen LogP contribution in [0, 0.1) is 19.8 Å². The number of rotatable bonds is 4. The highest BCUT2D eigenvalue weighted by Gasteiger charge is 2.24. The molecule has 1 amide bonds. The summed E-state index contributed by atoms with van der Waals surface area (Å²) in [7, 11) is 1.65. The molecule has 1 saturated heterocycles. The van der Waals surface area contributed by atoms with E-state index in [0.717, 1.165) is 46.6 Å². The number of ether oxygens (including phenoxy) is 2. The lowest BCUT2D eigenvalue weighted by molar-refractivity contribution is -0.122. The fourth-order valence-electron chi connectivity index (χ4n) is 3.72. The average molecular weight is 380 g/mol. The molecule has 0 radical (unpaired) electrons. The molecule has 2 aromatic heterocycles. The van der Waals surface area contributed by atoms with E-state index in [4.69, 9.17) is 9.47 Å². The van der Waals surface area contributed by atoms with Gasteiger partial charge in [-0.15, -0.1) is 0 Å². The standard InChI is InChI=1S/C21H24N4O3/c1-13-14(2)25(16-4-6-17(27-3)7-5-16)20-18(13)19(22-12-23-20)24-21(26)15-8-10-28-11-9-15/h4-7,12,15H,8-11H2,1-3H3,(H,22,23,24,26). The predicted octanol–water partition coefficient (Wildman–Crippen LogP) is 3.41. The SMILES string of the molecule is COc1ccc(-n2c(C)c(C)c3c(NC(=O)C4CCOCC4)ncnc32)cc1. The molecule has 4 rings (SSSR count). The van der Waals surface area contributed by atoms with Crippen molar-refractivity contribution in [2.45, 2.75) is 26.7 Å². The zero-order chi connectivity index (χ0) is 19.7. The molecule has 1 aliphatic heterocycles. The Balaban J connectivity index is 1.74. The molecule has 1 N–H and O–H groups in total. The van der Waals surface area contributed by atoms with Crippen LogP contribution in [0.1, 0.15) is 24.1 Å². The Morgan fingerprint density at radius 2 is 1.89 bits per heavy atom. The van der Waals surface area contributed by atoms with Gasteiger partial charge < -0.3 is 14.8 Å². The Hall–Kier alpha value is -2.93. The minimum Gasteiger partial charge on any atom is -0.497 e. The average Bonchev–Trinajstić information content (AvgIpc) is 3.00. The van der Waals surface area contributed by atoms with Crippen LogP contribution in [0.4, 0.5) is 5.82 Å². The van der Waals surface area contributed by atoms with Crippen LogP contribution < -0.4 is 10.1 Å². The van der Waals surface area contributed by atoms with Crippen LogP contribution in [-0.4, -0.2) is 40.8 Å². The fourth-order valence-corrected chi connectivity index (χ4v) is 3.72. The number of benzene rings is 1. The van der Waals surface area contributed by atoms with Crippen molar-refractivity contribution < 1.29 is 14.3 Å². The van der Waals surface area contributed by atoms with Crippen LogP contribution in [0.5, 0.6) is 5.75 Å². The van der Waals surface area contributed by atoms with Gasteiger partial charge in [0.1, 0.15) is 17.9 Å². The number of aromatic nitrogens is 3. The van der Waals surface area contributed by atoms with Crippen LogP contribution in [-0.2, 0) is 9.53 Å². The van der Waals surface area contributed by atoms with Gasteiger partial charge in [0.25, 0.3) is 0 Å². The molecule has 3 heterocycles. The molecule has 7 heteroatoms. The number of nitrogens with one attached hydrogen (secondary N) is 1. The molecule has 0 atom stereocenters. The highest BCUT2D eigenvalue weighted by molar-refractivity contribution is 6.01. The van der Waals surface area contributed by atoms with Crippen molar-refractivity contribution in [1.82, 2.24) is 14.5 Å². The predicted molar refractivity (Wildman–Crippen MR) is 107 cm³/mol. The number of fused-ring (bicyclic) bond motifs is 1. The van der Waals surface area contributed by atoms with E-state index in [1.807, 2.05) is 38.1 Å². The molecule has 0 aliphatic carbocycles.